The van der Waals surface area contributed by atoms with Crippen molar-refractivity contribution in [2.24, 2.45) is 5.92 Å². The Labute approximate surface area is 80.7 Å². The van der Waals surface area contributed by atoms with E-state index in [-0.39, 0.29) is 0 Å². The smallest absolute Gasteiger partial charge is 0.317 e. The second kappa shape index (κ2) is 3.86. The molecule has 1 aromatic rings. The van der Waals surface area contributed by atoms with E-state index in [0.29, 0.717) is 12.5 Å². The van der Waals surface area contributed by atoms with Gasteiger partial charge >= 0.3 is 11.4 Å². The zero-order valence-corrected chi connectivity index (χ0v) is 7.99. The minimum atomic E-state index is -0.661. The molecule has 0 unspecified atom stereocenters. The van der Waals surface area contributed by atoms with Crippen molar-refractivity contribution < 1.29 is 4.52 Å². The Balaban J connectivity index is 2.06. The molecule has 0 spiro atoms. The molecule has 0 bridgehead atoms. The number of H-pyrrole nitrogens is 1. The molecule has 1 aromatic heterocycles. The van der Waals surface area contributed by atoms with Gasteiger partial charge in [0.2, 0.25) is 0 Å². The van der Waals surface area contributed by atoms with Gasteiger partial charge in [0.05, 0.1) is 6.54 Å². The van der Waals surface area contributed by atoms with Gasteiger partial charge in [0.1, 0.15) is 0 Å². The van der Waals surface area contributed by atoms with E-state index in [1.807, 2.05) is 0 Å². The minimum absolute atomic E-state index is 0.430. The topological polar surface area (TPSA) is 68.0 Å². The summed E-state index contributed by atoms with van der Waals surface area (Å²) in [6.07, 6.45) is 5.97. The molecule has 1 N–H and O–H groups in total. The first kappa shape index (κ1) is 9.30. The van der Waals surface area contributed by atoms with Crippen molar-refractivity contribution in [3.05, 3.63) is 21.0 Å². The third kappa shape index (κ3) is 1.97. The van der Waals surface area contributed by atoms with Crippen LogP contribution >= 0.6 is 0 Å². The lowest BCUT2D eigenvalue weighted by Gasteiger charge is -2.20. The first-order valence-corrected chi connectivity index (χ1v) is 5.06. The highest BCUT2D eigenvalue weighted by Gasteiger charge is 2.16. The third-order valence-corrected chi connectivity index (χ3v) is 2.78. The summed E-state index contributed by atoms with van der Waals surface area (Å²) in [5, 5.41) is 0. The highest BCUT2D eigenvalue weighted by Crippen LogP contribution is 2.24. The quantitative estimate of drug-likeness (QED) is 0.760. The molecule has 1 saturated carbocycles. The maximum Gasteiger partial charge on any atom is 0.440 e. The maximum atomic E-state index is 11.1. The van der Waals surface area contributed by atoms with E-state index in [4.69, 9.17) is 4.52 Å². The molecular formula is C9H14N2O3. The fraction of sp³-hybridized carbons (Fsp3) is 0.778. The van der Waals surface area contributed by atoms with Gasteiger partial charge in [-0.05, 0) is 18.8 Å². The lowest BCUT2D eigenvalue weighted by atomic mass is 9.89. The number of hydrogen-bond acceptors (Lipinski definition) is 3. The van der Waals surface area contributed by atoms with Crippen LogP contribution in [0.25, 0.3) is 0 Å². The van der Waals surface area contributed by atoms with Crippen LogP contribution in [-0.4, -0.2) is 9.72 Å². The second-order valence-corrected chi connectivity index (χ2v) is 3.87. The Morgan fingerprint density at radius 3 is 2.57 bits per heavy atom. The van der Waals surface area contributed by atoms with E-state index in [2.05, 4.69) is 4.98 Å². The van der Waals surface area contributed by atoms with Gasteiger partial charge in [-0.15, -0.1) is 0 Å². The average Bonchev–Trinajstić information content (AvgIpc) is 2.47. The summed E-state index contributed by atoms with van der Waals surface area (Å²) < 4.78 is 5.85. The Kier molecular flexibility index (Phi) is 2.56. The molecule has 1 fully saturated rings. The average molecular weight is 198 g/mol. The number of nitrogens with one attached hydrogen (secondary N) is 1. The number of hydrogen-bond donors (Lipinski definition) is 1. The summed E-state index contributed by atoms with van der Waals surface area (Å²) in [5.41, 5.74) is -0.430. The molecule has 1 heterocycles. The standard InChI is InChI=1S/C9H14N2O3/c12-8-10-9(13)14-11(8)6-7-4-2-1-3-5-7/h7H,1-6H2,(H,10,12,13). The Bertz CT molecular complexity index is 395. The van der Waals surface area contributed by atoms with Crippen molar-refractivity contribution in [1.29, 1.82) is 0 Å². The van der Waals surface area contributed by atoms with E-state index < -0.39 is 11.4 Å². The predicted octanol–water partition coefficient (Wildman–Crippen LogP) is 0.710. The summed E-state index contributed by atoms with van der Waals surface area (Å²) in [5.74, 6) is -0.175. The summed E-state index contributed by atoms with van der Waals surface area (Å²) in [4.78, 5) is 23.9. The summed E-state index contributed by atoms with van der Waals surface area (Å²) in [6.45, 7) is 0.539. The molecule has 0 aliphatic heterocycles. The molecule has 2 rings (SSSR count). The molecule has 78 valence electrons. The first-order valence-electron chi connectivity index (χ1n) is 5.06. The fourth-order valence-electron chi connectivity index (χ4n) is 2.04. The summed E-state index contributed by atoms with van der Waals surface area (Å²) >= 11 is 0. The number of rotatable bonds is 2. The fourth-order valence-corrected chi connectivity index (χ4v) is 2.04. The van der Waals surface area contributed by atoms with Gasteiger partial charge in [-0.25, -0.2) is 14.6 Å². The van der Waals surface area contributed by atoms with Crippen LogP contribution in [0.1, 0.15) is 32.1 Å². The normalized spacial score (nSPS) is 18.6. The van der Waals surface area contributed by atoms with E-state index in [0.717, 1.165) is 17.6 Å². The SMILES string of the molecule is O=c1[nH]c(=O)n(CC2CCCCC2)o1. The van der Waals surface area contributed by atoms with Crippen LogP contribution in [0.15, 0.2) is 14.1 Å². The highest BCUT2D eigenvalue weighted by molar-refractivity contribution is 4.66. The number of aromatic amines is 1. The largest absolute Gasteiger partial charge is 0.440 e. The van der Waals surface area contributed by atoms with Crippen LogP contribution in [0.4, 0.5) is 0 Å². The van der Waals surface area contributed by atoms with Crippen LogP contribution in [0.3, 0.4) is 0 Å². The van der Waals surface area contributed by atoms with E-state index in [9.17, 15) is 9.59 Å². The van der Waals surface area contributed by atoms with E-state index in [1.165, 1.54) is 19.3 Å². The molecule has 5 heteroatoms. The summed E-state index contributed by atoms with van der Waals surface area (Å²) in [6, 6.07) is 0. The van der Waals surface area contributed by atoms with Crippen molar-refractivity contribution in [2.75, 3.05) is 0 Å². The maximum absolute atomic E-state index is 11.1. The van der Waals surface area contributed by atoms with Gasteiger partial charge in [-0.3, -0.25) is 0 Å². The van der Waals surface area contributed by atoms with Crippen LogP contribution in [-0.2, 0) is 6.54 Å². The molecule has 0 amide bonds. The van der Waals surface area contributed by atoms with Crippen LogP contribution in [0, 0.1) is 5.92 Å². The molecule has 0 atom stereocenters. The van der Waals surface area contributed by atoms with Crippen molar-refractivity contribution in [3.63, 3.8) is 0 Å². The van der Waals surface area contributed by atoms with Crippen molar-refractivity contribution in [3.8, 4) is 0 Å². The molecule has 5 nitrogen and oxygen atoms in total. The molecular weight excluding hydrogens is 184 g/mol. The minimum Gasteiger partial charge on any atom is -0.317 e. The van der Waals surface area contributed by atoms with Crippen LogP contribution < -0.4 is 11.4 Å². The monoisotopic (exact) mass is 198 g/mol. The Morgan fingerprint density at radius 2 is 2.00 bits per heavy atom. The number of nitrogens with zero attached hydrogens (tertiary/aromatic N) is 1. The van der Waals surface area contributed by atoms with E-state index in [1.54, 1.807) is 0 Å². The van der Waals surface area contributed by atoms with Gasteiger partial charge in [-0.1, -0.05) is 19.3 Å². The van der Waals surface area contributed by atoms with Gasteiger partial charge in [0.25, 0.3) is 0 Å². The summed E-state index contributed by atoms with van der Waals surface area (Å²) in [7, 11) is 0. The lowest BCUT2D eigenvalue weighted by molar-refractivity contribution is 0.187. The molecule has 1 aliphatic carbocycles. The Hall–Kier alpha value is -1.26. The molecule has 14 heavy (non-hydrogen) atoms. The molecule has 1 aliphatic rings. The van der Waals surface area contributed by atoms with Crippen LogP contribution in [0.2, 0.25) is 0 Å². The molecule has 0 aromatic carbocycles. The van der Waals surface area contributed by atoms with Crippen molar-refractivity contribution >= 4 is 0 Å². The second-order valence-electron chi connectivity index (χ2n) is 3.87. The van der Waals surface area contributed by atoms with Gasteiger partial charge in [0, 0.05) is 0 Å². The zero-order valence-electron chi connectivity index (χ0n) is 7.99. The first-order chi connectivity index (χ1) is 6.75. The van der Waals surface area contributed by atoms with Gasteiger partial charge in [-0.2, -0.15) is 4.74 Å². The zero-order chi connectivity index (χ0) is 9.97. The van der Waals surface area contributed by atoms with Gasteiger partial charge < -0.3 is 4.52 Å². The lowest BCUT2D eigenvalue weighted by Crippen LogP contribution is -2.22. The van der Waals surface area contributed by atoms with Gasteiger partial charge in [0.15, 0.2) is 0 Å². The highest BCUT2D eigenvalue weighted by atomic mass is 16.5. The predicted molar refractivity (Wildman–Crippen MR) is 50.2 cm³/mol. The van der Waals surface area contributed by atoms with Crippen molar-refractivity contribution in [1.82, 2.24) is 9.72 Å². The third-order valence-electron chi connectivity index (χ3n) is 2.78. The van der Waals surface area contributed by atoms with Crippen molar-refractivity contribution in [2.45, 2.75) is 38.6 Å². The van der Waals surface area contributed by atoms with Crippen LogP contribution in [0.5, 0.6) is 0 Å². The molecule has 0 saturated heterocycles. The molecule has 0 radical (unpaired) electrons. The van der Waals surface area contributed by atoms with E-state index >= 15 is 0 Å². The number of aromatic nitrogens is 2. The Morgan fingerprint density at radius 1 is 1.29 bits per heavy atom.